The molecule has 1 rings (SSSR count). The first-order valence-corrected chi connectivity index (χ1v) is 2.93. The average molecular weight is 122 g/mol. The highest BCUT2D eigenvalue weighted by Gasteiger charge is 1.98. The quantitative estimate of drug-likeness (QED) is 0.518. The lowest BCUT2D eigenvalue weighted by Crippen LogP contribution is -1.81. The van der Waals surface area contributed by atoms with Gasteiger partial charge in [0.05, 0.1) is 0 Å². The maximum absolute atomic E-state index is 5.00. The lowest BCUT2D eigenvalue weighted by atomic mass is 10.2. The maximum Gasteiger partial charge on any atom is 0.343 e. The second-order valence-corrected chi connectivity index (χ2v) is 2.02. The summed E-state index contributed by atoms with van der Waals surface area (Å²) >= 11 is 0. The van der Waals surface area contributed by atoms with E-state index in [4.69, 9.17) is 4.74 Å². The standard InChI is InChI=1S/C8H10O/c1-7-4-3-5-8(6-7)9-2/h3-6H,1-2H3/q+1. The predicted molar refractivity (Wildman–Crippen MR) is 37.7 cm³/mol. The van der Waals surface area contributed by atoms with E-state index >= 15 is 0 Å². The Labute approximate surface area is 55.3 Å². The molecular formula is C8H10O+. The van der Waals surface area contributed by atoms with E-state index in [0.717, 1.165) is 5.75 Å². The van der Waals surface area contributed by atoms with Crippen molar-refractivity contribution in [3.63, 3.8) is 0 Å². The molecule has 0 saturated heterocycles. The molecule has 1 heteroatoms. The zero-order valence-corrected chi connectivity index (χ0v) is 5.72. The third-order valence-corrected chi connectivity index (χ3v) is 1.23. The minimum atomic E-state index is 0.926. The minimum absolute atomic E-state index is 0.926. The van der Waals surface area contributed by atoms with Crippen LogP contribution in [-0.2, 0) is 0 Å². The van der Waals surface area contributed by atoms with Crippen LogP contribution < -0.4 is 4.74 Å². The van der Waals surface area contributed by atoms with Crippen molar-refractivity contribution in [3.8, 4) is 5.75 Å². The summed E-state index contributed by atoms with van der Waals surface area (Å²) in [5.41, 5.74) is 1.23. The summed E-state index contributed by atoms with van der Waals surface area (Å²) in [4.78, 5) is 0. The van der Waals surface area contributed by atoms with Crippen molar-refractivity contribution in [3.05, 3.63) is 29.8 Å². The Morgan fingerprint density at radius 3 is 2.56 bits per heavy atom. The van der Waals surface area contributed by atoms with Crippen molar-refractivity contribution < 1.29 is 4.74 Å². The van der Waals surface area contributed by atoms with Crippen molar-refractivity contribution in [2.75, 3.05) is 7.11 Å². The van der Waals surface area contributed by atoms with Gasteiger partial charge < -0.3 is 0 Å². The summed E-state index contributed by atoms with van der Waals surface area (Å²) in [7, 11) is 1.68. The lowest BCUT2D eigenvalue weighted by molar-refractivity contribution is 0.414. The molecule has 0 aliphatic carbocycles. The monoisotopic (exact) mass is 122 g/mol. The highest BCUT2D eigenvalue weighted by molar-refractivity contribution is 5.27. The van der Waals surface area contributed by atoms with Crippen molar-refractivity contribution in [1.29, 1.82) is 0 Å². The Bertz CT molecular complexity index is 194. The minimum Gasteiger partial charge on any atom is -0.258 e. The Hall–Kier alpha value is -0.980. The van der Waals surface area contributed by atoms with Crippen LogP contribution in [0.5, 0.6) is 5.75 Å². The summed E-state index contributed by atoms with van der Waals surface area (Å²) in [6, 6.07) is 7.96. The molecule has 0 atom stereocenters. The molecule has 0 aliphatic heterocycles. The SMILES string of the molecule is C[O+]c1cccc(C)c1. The maximum atomic E-state index is 5.00. The van der Waals surface area contributed by atoms with E-state index in [2.05, 4.69) is 0 Å². The van der Waals surface area contributed by atoms with Gasteiger partial charge in [-0.15, -0.1) is 0 Å². The highest BCUT2D eigenvalue weighted by Crippen LogP contribution is 2.10. The molecule has 0 heterocycles. The second-order valence-electron chi connectivity index (χ2n) is 2.02. The second kappa shape index (κ2) is 2.53. The van der Waals surface area contributed by atoms with Crippen LogP contribution in [0.25, 0.3) is 0 Å². The highest BCUT2D eigenvalue weighted by atomic mass is 16.5. The Morgan fingerprint density at radius 2 is 2.11 bits per heavy atom. The largest absolute Gasteiger partial charge is 0.343 e. The van der Waals surface area contributed by atoms with Crippen molar-refractivity contribution in [2.45, 2.75) is 6.92 Å². The topological polar surface area (TPSA) is 11.3 Å². The van der Waals surface area contributed by atoms with Gasteiger partial charge in [-0.05, 0) is 12.5 Å². The van der Waals surface area contributed by atoms with Crippen LogP contribution in [0, 0.1) is 6.92 Å². The fourth-order valence-electron chi connectivity index (χ4n) is 0.742. The van der Waals surface area contributed by atoms with E-state index in [0.29, 0.717) is 0 Å². The number of ether oxygens (including phenoxy) is 1. The summed E-state index contributed by atoms with van der Waals surface area (Å²) in [6.07, 6.45) is 0. The predicted octanol–water partition coefficient (Wildman–Crippen LogP) is 2.00. The Balaban J connectivity index is 2.94. The van der Waals surface area contributed by atoms with Crippen LogP contribution in [0.2, 0.25) is 0 Å². The molecule has 0 aromatic heterocycles. The van der Waals surface area contributed by atoms with Gasteiger partial charge in [-0.25, -0.2) is 0 Å². The molecule has 47 valence electrons. The molecule has 0 aliphatic rings. The van der Waals surface area contributed by atoms with Gasteiger partial charge in [-0.1, -0.05) is 12.1 Å². The van der Waals surface area contributed by atoms with Gasteiger partial charge in [0.15, 0.2) is 0 Å². The molecule has 1 aromatic carbocycles. The molecule has 0 amide bonds. The number of hydrogen-bond donors (Lipinski definition) is 0. The van der Waals surface area contributed by atoms with Crippen molar-refractivity contribution in [2.24, 2.45) is 0 Å². The summed E-state index contributed by atoms with van der Waals surface area (Å²) in [5, 5.41) is 0. The average Bonchev–Trinajstić information content (AvgIpc) is 1.88. The molecule has 1 nitrogen and oxygen atoms in total. The summed E-state index contributed by atoms with van der Waals surface area (Å²) in [5.74, 6) is 0.926. The molecule has 0 spiro atoms. The smallest absolute Gasteiger partial charge is 0.258 e. The van der Waals surface area contributed by atoms with Gasteiger partial charge in [0.1, 0.15) is 0 Å². The van der Waals surface area contributed by atoms with E-state index in [9.17, 15) is 0 Å². The number of rotatable bonds is 1. The summed E-state index contributed by atoms with van der Waals surface area (Å²) < 4.78 is 5.00. The molecule has 9 heavy (non-hydrogen) atoms. The van der Waals surface area contributed by atoms with Crippen molar-refractivity contribution >= 4 is 0 Å². The number of hydrogen-bond acceptors (Lipinski definition) is 1. The first kappa shape index (κ1) is 6.14. The Kier molecular flexibility index (Phi) is 1.73. The lowest BCUT2D eigenvalue weighted by Gasteiger charge is -1.86. The molecule has 0 saturated carbocycles. The molecule has 1 aromatic rings. The van der Waals surface area contributed by atoms with Gasteiger partial charge in [0.25, 0.3) is 7.11 Å². The van der Waals surface area contributed by atoms with Crippen molar-refractivity contribution in [1.82, 2.24) is 0 Å². The number of aryl methyl sites for hydroxylation is 1. The van der Waals surface area contributed by atoms with Gasteiger partial charge in [0, 0.05) is 12.1 Å². The van der Waals surface area contributed by atoms with Crippen LogP contribution in [0.1, 0.15) is 5.56 Å². The first-order valence-electron chi connectivity index (χ1n) is 2.93. The third-order valence-electron chi connectivity index (χ3n) is 1.23. The van der Waals surface area contributed by atoms with E-state index in [1.165, 1.54) is 5.56 Å². The van der Waals surface area contributed by atoms with Crippen LogP contribution in [0.4, 0.5) is 0 Å². The fraction of sp³-hybridized carbons (Fsp3) is 0.250. The van der Waals surface area contributed by atoms with Gasteiger partial charge >= 0.3 is 5.75 Å². The first-order chi connectivity index (χ1) is 4.33. The van der Waals surface area contributed by atoms with Gasteiger partial charge in [-0.3, -0.25) is 4.74 Å². The van der Waals surface area contributed by atoms with E-state index in [1.807, 2.05) is 31.2 Å². The normalized spacial score (nSPS) is 9.11. The molecule has 1 radical (unpaired) electrons. The van der Waals surface area contributed by atoms with E-state index in [-0.39, 0.29) is 0 Å². The van der Waals surface area contributed by atoms with E-state index in [1.54, 1.807) is 7.11 Å². The molecule has 0 N–H and O–H groups in total. The van der Waals surface area contributed by atoms with Gasteiger partial charge in [0.2, 0.25) is 0 Å². The molecule has 0 fully saturated rings. The molecule has 0 unspecified atom stereocenters. The molecule has 0 bridgehead atoms. The Morgan fingerprint density at radius 1 is 1.33 bits per heavy atom. The van der Waals surface area contributed by atoms with E-state index < -0.39 is 0 Å². The summed E-state index contributed by atoms with van der Waals surface area (Å²) in [6.45, 7) is 2.04. The third kappa shape index (κ3) is 1.46. The van der Waals surface area contributed by atoms with Gasteiger partial charge in [-0.2, -0.15) is 0 Å². The van der Waals surface area contributed by atoms with Crippen LogP contribution in [0.3, 0.4) is 0 Å². The molecular weight excluding hydrogens is 112 g/mol. The van der Waals surface area contributed by atoms with Crippen LogP contribution >= 0.6 is 0 Å². The van der Waals surface area contributed by atoms with Crippen LogP contribution in [-0.4, -0.2) is 7.11 Å². The zero-order chi connectivity index (χ0) is 6.69. The number of benzene rings is 1. The zero-order valence-electron chi connectivity index (χ0n) is 5.72. The fourth-order valence-corrected chi connectivity index (χ4v) is 0.742. The van der Waals surface area contributed by atoms with Crippen LogP contribution in [0.15, 0.2) is 24.3 Å². The number of methoxy groups -OCH3 is 1.